The van der Waals surface area contributed by atoms with Crippen molar-refractivity contribution in [3.05, 3.63) is 34.9 Å². The fourth-order valence-corrected chi connectivity index (χ4v) is 2.50. The topological polar surface area (TPSA) is 75.6 Å². The molecule has 0 aliphatic heterocycles. The predicted octanol–water partition coefficient (Wildman–Crippen LogP) is 1.75. The summed E-state index contributed by atoms with van der Waals surface area (Å²) in [6.07, 6.45) is 3.02. The zero-order chi connectivity index (χ0) is 15.2. The van der Waals surface area contributed by atoms with Gasteiger partial charge in [0.05, 0.1) is 17.9 Å². The van der Waals surface area contributed by atoms with Crippen LogP contribution in [0, 0.1) is 13.8 Å². The predicted molar refractivity (Wildman–Crippen MR) is 84.7 cm³/mol. The van der Waals surface area contributed by atoms with Crippen LogP contribution < -0.4 is 5.32 Å². The van der Waals surface area contributed by atoms with Crippen LogP contribution in [0.15, 0.2) is 12.1 Å². The molecule has 0 aliphatic rings. The normalized spacial score (nSPS) is 10.8. The van der Waals surface area contributed by atoms with E-state index in [4.69, 9.17) is 0 Å². The first kappa shape index (κ1) is 15.6. The maximum Gasteiger partial charge on any atom is 0.271 e. The SMILES string of the molecule is CSCCCNC(=O)c1cc(Cn2nc(C)cc2C)[nH]n1. The molecular formula is C14H21N5OS. The summed E-state index contributed by atoms with van der Waals surface area (Å²) in [7, 11) is 0. The van der Waals surface area contributed by atoms with Crippen molar-refractivity contribution in [3.63, 3.8) is 0 Å². The van der Waals surface area contributed by atoms with Gasteiger partial charge in [-0.1, -0.05) is 0 Å². The fraction of sp³-hybridized carbons (Fsp3) is 0.500. The first-order valence-corrected chi connectivity index (χ1v) is 8.32. The smallest absolute Gasteiger partial charge is 0.271 e. The van der Waals surface area contributed by atoms with Crippen molar-refractivity contribution >= 4 is 17.7 Å². The third-order valence-corrected chi connectivity index (χ3v) is 3.79. The Hall–Kier alpha value is -1.76. The van der Waals surface area contributed by atoms with Crippen molar-refractivity contribution in [2.75, 3.05) is 18.6 Å². The number of aromatic nitrogens is 4. The monoisotopic (exact) mass is 307 g/mol. The maximum absolute atomic E-state index is 11.9. The summed E-state index contributed by atoms with van der Waals surface area (Å²) in [5, 5.41) is 14.2. The summed E-state index contributed by atoms with van der Waals surface area (Å²) in [4.78, 5) is 11.9. The van der Waals surface area contributed by atoms with Crippen molar-refractivity contribution in [1.29, 1.82) is 0 Å². The van der Waals surface area contributed by atoms with Gasteiger partial charge in [-0.25, -0.2) is 0 Å². The number of carbonyl (C=O) groups is 1. The Morgan fingerprint density at radius 1 is 1.43 bits per heavy atom. The molecule has 0 saturated carbocycles. The Kier molecular flexibility index (Phi) is 5.44. The van der Waals surface area contributed by atoms with Crippen LogP contribution in [-0.4, -0.2) is 44.4 Å². The highest BCUT2D eigenvalue weighted by molar-refractivity contribution is 7.98. The summed E-state index contributed by atoms with van der Waals surface area (Å²) in [5.41, 5.74) is 3.37. The number of carbonyl (C=O) groups excluding carboxylic acids is 1. The molecule has 21 heavy (non-hydrogen) atoms. The summed E-state index contributed by atoms with van der Waals surface area (Å²) >= 11 is 1.77. The van der Waals surface area contributed by atoms with Crippen LogP contribution in [-0.2, 0) is 6.54 Å². The highest BCUT2D eigenvalue weighted by Gasteiger charge is 2.11. The van der Waals surface area contributed by atoms with E-state index in [0.717, 1.165) is 29.3 Å². The molecular weight excluding hydrogens is 286 g/mol. The van der Waals surface area contributed by atoms with E-state index in [1.807, 2.05) is 24.6 Å². The van der Waals surface area contributed by atoms with Crippen molar-refractivity contribution in [3.8, 4) is 0 Å². The van der Waals surface area contributed by atoms with Gasteiger partial charge in [-0.3, -0.25) is 14.6 Å². The highest BCUT2D eigenvalue weighted by atomic mass is 32.2. The number of H-pyrrole nitrogens is 1. The van der Waals surface area contributed by atoms with Gasteiger partial charge in [-0.2, -0.15) is 22.0 Å². The second kappa shape index (κ2) is 7.31. The number of thioether (sulfide) groups is 1. The molecule has 6 nitrogen and oxygen atoms in total. The summed E-state index contributed by atoms with van der Waals surface area (Å²) < 4.78 is 1.89. The average molecular weight is 307 g/mol. The summed E-state index contributed by atoms with van der Waals surface area (Å²) in [6, 6.07) is 3.80. The molecule has 7 heteroatoms. The van der Waals surface area contributed by atoms with Crippen LogP contribution in [0.1, 0.15) is 34.0 Å². The molecule has 0 aromatic carbocycles. The largest absolute Gasteiger partial charge is 0.351 e. The van der Waals surface area contributed by atoms with E-state index in [1.165, 1.54) is 0 Å². The van der Waals surface area contributed by atoms with E-state index in [2.05, 4.69) is 26.9 Å². The van der Waals surface area contributed by atoms with Gasteiger partial charge in [0.15, 0.2) is 0 Å². The third kappa shape index (κ3) is 4.35. The Bertz CT molecular complexity index is 604. The number of hydrogen-bond donors (Lipinski definition) is 2. The second-order valence-electron chi connectivity index (χ2n) is 4.97. The van der Waals surface area contributed by atoms with E-state index in [1.54, 1.807) is 17.8 Å². The molecule has 0 atom stereocenters. The fourth-order valence-electron chi connectivity index (χ4n) is 2.06. The Labute approximate surface area is 128 Å². The molecule has 2 rings (SSSR count). The number of rotatable bonds is 7. The highest BCUT2D eigenvalue weighted by Crippen LogP contribution is 2.07. The molecule has 0 bridgehead atoms. The van der Waals surface area contributed by atoms with Gasteiger partial charge >= 0.3 is 0 Å². The molecule has 114 valence electrons. The Morgan fingerprint density at radius 2 is 2.24 bits per heavy atom. The molecule has 0 aliphatic carbocycles. The van der Waals surface area contributed by atoms with Crippen LogP contribution >= 0.6 is 11.8 Å². The standard InChI is InChI=1S/C14H21N5OS/c1-10-7-11(2)19(18-10)9-12-8-13(17-16-12)14(20)15-5-4-6-21-3/h7-8H,4-6,9H2,1-3H3,(H,15,20)(H,16,17). The molecule has 2 aromatic rings. The minimum Gasteiger partial charge on any atom is -0.351 e. The van der Waals surface area contributed by atoms with Gasteiger partial charge in [-0.15, -0.1) is 0 Å². The lowest BCUT2D eigenvalue weighted by Gasteiger charge is -2.01. The second-order valence-corrected chi connectivity index (χ2v) is 5.95. The van der Waals surface area contributed by atoms with Crippen molar-refractivity contribution in [1.82, 2.24) is 25.3 Å². The number of aromatic amines is 1. The van der Waals surface area contributed by atoms with Crippen LogP contribution in [0.25, 0.3) is 0 Å². The lowest BCUT2D eigenvalue weighted by molar-refractivity contribution is 0.0949. The number of amides is 1. The third-order valence-electron chi connectivity index (χ3n) is 3.10. The number of nitrogens with one attached hydrogen (secondary N) is 2. The van der Waals surface area contributed by atoms with Crippen LogP contribution in [0.2, 0.25) is 0 Å². The van der Waals surface area contributed by atoms with Crippen LogP contribution in [0.3, 0.4) is 0 Å². The van der Waals surface area contributed by atoms with Crippen LogP contribution in [0.4, 0.5) is 0 Å². The van der Waals surface area contributed by atoms with Gasteiger partial charge in [0.1, 0.15) is 5.69 Å². The minimum atomic E-state index is -0.132. The number of aryl methyl sites for hydroxylation is 2. The van der Waals surface area contributed by atoms with Crippen molar-refractivity contribution in [2.45, 2.75) is 26.8 Å². The summed E-state index contributed by atoms with van der Waals surface area (Å²) in [6.45, 7) is 5.24. The van der Waals surface area contributed by atoms with Gasteiger partial charge in [-0.05, 0) is 44.4 Å². The van der Waals surface area contributed by atoms with Gasteiger partial charge in [0, 0.05) is 12.2 Å². The van der Waals surface area contributed by atoms with Gasteiger partial charge in [0.25, 0.3) is 5.91 Å². The molecule has 1 amide bonds. The molecule has 2 N–H and O–H groups in total. The lowest BCUT2D eigenvalue weighted by Crippen LogP contribution is -2.25. The number of hydrogen-bond acceptors (Lipinski definition) is 4. The molecule has 2 aromatic heterocycles. The zero-order valence-electron chi connectivity index (χ0n) is 12.6. The minimum absolute atomic E-state index is 0.132. The zero-order valence-corrected chi connectivity index (χ0v) is 13.5. The molecule has 0 saturated heterocycles. The maximum atomic E-state index is 11.9. The lowest BCUT2D eigenvalue weighted by atomic mass is 10.3. The molecule has 0 fully saturated rings. The van der Waals surface area contributed by atoms with Gasteiger partial charge in [0.2, 0.25) is 0 Å². The quantitative estimate of drug-likeness (QED) is 0.764. The summed E-state index contributed by atoms with van der Waals surface area (Å²) in [5.74, 6) is 0.913. The number of nitrogens with zero attached hydrogens (tertiary/aromatic N) is 3. The van der Waals surface area contributed by atoms with Crippen molar-refractivity contribution < 1.29 is 4.79 Å². The van der Waals surface area contributed by atoms with E-state index in [-0.39, 0.29) is 5.91 Å². The Balaban J connectivity index is 1.91. The Morgan fingerprint density at radius 3 is 2.90 bits per heavy atom. The molecule has 0 spiro atoms. The molecule has 2 heterocycles. The van der Waals surface area contributed by atoms with E-state index in [0.29, 0.717) is 18.8 Å². The first-order chi connectivity index (χ1) is 10.1. The van der Waals surface area contributed by atoms with Crippen LogP contribution in [0.5, 0.6) is 0 Å². The van der Waals surface area contributed by atoms with E-state index < -0.39 is 0 Å². The molecule has 0 unspecified atom stereocenters. The van der Waals surface area contributed by atoms with Gasteiger partial charge < -0.3 is 5.32 Å². The van der Waals surface area contributed by atoms with E-state index in [9.17, 15) is 4.79 Å². The molecule has 0 radical (unpaired) electrons. The first-order valence-electron chi connectivity index (χ1n) is 6.92. The van der Waals surface area contributed by atoms with E-state index >= 15 is 0 Å². The van der Waals surface area contributed by atoms with Crippen molar-refractivity contribution in [2.24, 2.45) is 0 Å². The average Bonchev–Trinajstić information content (AvgIpc) is 3.02.